The van der Waals surface area contributed by atoms with Crippen molar-refractivity contribution in [2.45, 2.75) is 12.6 Å². The van der Waals surface area contributed by atoms with Crippen LogP contribution in [-0.4, -0.2) is 23.0 Å². The van der Waals surface area contributed by atoms with Gasteiger partial charge >= 0.3 is 6.18 Å². The number of aromatic nitrogens is 1. The lowest BCUT2D eigenvalue weighted by Crippen LogP contribution is -2.23. The first-order chi connectivity index (χ1) is 14.1. The Hall–Kier alpha value is -2.79. The first-order valence-corrected chi connectivity index (χ1v) is 9.97. The van der Waals surface area contributed by atoms with Gasteiger partial charge in [-0.25, -0.2) is 9.37 Å². The van der Waals surface area contributed by atoms with E-state index >= 15 is 0 Å². The molecule has 0 atom stereocenters. The van der Waals surface area contributed by atoms with Gasteiger partial charge in [0.25, 0.3) is 5.91 Å². The number of thiazole rings is 1. The second-order valence-corrected chi connectivity index (χ2v) is 7.80. The molecule has 1 heterocycles. The average Bonchev–Trinajstić information content (AvgIpc) is 3.09. The van der Waals surface area contributed by atoms with Gasteiger partial charge in [0.1, 0.15) is 12.2 Å². The van der Waals surface area contributed by atoms with Crippen molar-refractivity contribution in [3.63, 3.8) is 0 Å². The highest BCUT2D eigenvalue weighted by Gasteiger charge is 2.31. The number of hydrogen-bond donors (Lipinski definition) is 2. The van der Waals surface area contributed by atoms with Crippen LogP contribution in [0.5, 0.6) is 0 Å². The summed E-state index contributed by atoms with van der Waals surface area (Å²) in [5.74, 6) is -2.98. The van der Waals surface area contributed by atoms with Gasteiger partial charge in [0.15, 0.2) is 5.13 Å². The second-order valence-electron chi connectivity index (χ2n) is 6.03. The lowest BCUT2D eigenvalue weighted by atomic mass is 10.1. The molecule has 0 saturated heterocycles. The molecule has 0 fully saturated rings. The van der Waals surface area contributed by atoms with Crippen LogP contribution in [0.2, 0.25) is 0 Å². The maximum Gasteiger partial charge on any atom is 0.397 e. The van der Waals surface area contributed by atoms with Crippen LogP contribution in [0, 0.1) is 5.82 Å². The van der Waals surface area contributed by atoms with Crippen LogP contribution in [0.25, 0.3) is 11.3 Å². The highest BCUT2D eigenvalue weighted by Crippen LogP contribution is 2.27. The molecule has 0 bridgehead atoms. The van der Waals surface area contributed by atoms with Crippen molar-refractivity contribution < 1.29 is 27.2 Å². The fourth-order valence-corrected chi connectivity index (χ4v) is 3.42. The molecule has 0 aliphatic rings. The molecule has 0 aliphatic carbocycles. The van der Waals surface area contributed by atoms with Gasteiger partial charge in [-0.2, -0.15) is 13.2 Å². The third-order valence-electron chi connectivity index (χ3n) is 3.73. The van der Waals surface area contributed by atoms with Crippen LogP contribution in [0.1, 0.15) is 16.8 Å². The van der Waals surface area contributed by atoms with Crippen molar-refractivity contribution in [1.29, 1.82) is 0 Å². The molecular weight excluding hydrogens is 490 g/mol. The number of nitrogens with one attached hydrogen (secondary N) is 2. The van der Waals surface area contributed by atoms with Crippen molar-refractivity contribution >= 4 is 49.9 Å². The zero-order valence-electron chi connectivity index (χ0n) is 14.9. The van der Waals surface area contributed by atoms with Crippen molar-refractivity contribution in [1.82, 2.24) is 4.98 Å². The summed E-state index contributed by atoms with van der Waals surface area (Å²) in [6.07, 6.45) is -6.49. The normalized spacial score (nSPS) is 11.2. The van der Waals surface area contributed by atoms with E-state index in [1.807, 2.05) is 29.6 Å². The SMILES string of the molecule is O=C(CC(F)(F)F)Nc1cc(F)ccc1C(=O)Nc1nc(-c2ccc(Br)cc2)cs1. The maximum atomic E-state index is 13.5. The predicted octanol–water partition coefficient (Wildman–Crippen LogP) is 5.85. The standard InChI is InChI=1S/C19H12BrF4N3O2S/c20-11-3-1-10(2-4-11)15-9-30-18(26-15)27-17(29)13-6-5-12(21)7-14(13)25-16(28)8-19(22,23)24/h1-7,9H,8H2,(H,25,28)(H,26,27,29). The lowest BCUT2D eigenvalue weighted by Gasteiger charge is -2.12. The van der Waals surface area contributed by atoms with Gasteiger partial charge in [-0.3, -0.25) is 14.9 Å². The zero-order valence-corrected chi connectivity index (χ0v) is 17.3. The molecule has 156 valence electrons. The Kier molecular flexibility index (Phi) is 6.52. The smallest absolute Gasteiger partial charge is 0.325 e. The Labute approximate surface area is 180 Å². The van der Waals surface area contributed by atoms with E-state index < -0.39 is 30.2 Å². The van der Waals surface area contributed by atoms with E-state index in [0.717, 1.165) is 39.6 Å². The molecule has 0 radical (unpaired) electrons. The van der Waals surface area contributed by atoms with E-state index in [4.69, 9.17) is 0 Å². The summed E-state index contributed by atoms with van der Waals surface area (Å²) in [7, 11) is 0. The zero-order chi connectivity index (χ0) is 21.9. The quantitative estimate of drug-likeness (QED) is 0.430. The van der Waals surface area contributed by atoms with Crippen LogP contribution in [0.4, 0.5) is 28.4 Å². The van der Waals surface area contributed by atoms with E-state index in [9.17, 15) is 27.2 Å². The summed E-state index contributed by atoms with van der Waals surface area (Å²) in [4.78, 5) is 28.4. The van der Waals surface area contributed by atoms with E-state index in [2.05, 4.69) is 26.2 Å². The second kappa shape index (κ2) is 8.92. The molecule has 0 saturated carbocycles. The first kappa shape index (κ1) is 21.9. The first-order valence-electron chi connectivity index (χ1n) is 8.30. The molecule has 3 aromatic rings. The molecule has 30 heavy (non-hydrogen) atoms. The number of hydrogen-bond acceptors (Lipinski definition) is 4. The number of amides is 2. The Morgan fingerprint density at radius 2 is 1.77 bits per heavy atom. The number of carbonyl (C=O) groups excluding carboxylic acids is 2. The van der Waals surface area contributed by atoms with E-state index in [0.29, 0.717) is 5.69 Å². The summed E-state index contributed by atoms with van der Waals surface area (Å²) < 4.78 is 51.5. The average molecular weight is 502 g/mol. The minimum Gasteiger partial charge on any atom is -0.325 e. The predicted molar refractivity (Wildman–Crippen MR) is 109 cm³/mol. The molecule has 2 aromatic carbocycles. The third kappa shape index (κ3) is 5.86. The highest BCUT2D eigenvalue weighted by atomic mass is 79.9. The van der Waals surface area contributed by atoms with Crippen LogP contribution in [0.15, 0.2) is 52.3 Å². The molecule has 0 unspecified atom stereocenters. The van der Waals surface area contributed by atoms with Crippen molar-refractivity contribution in [3.05, 3.63) is 63.7 Å². The monoisotopic (exact) mass is 501 g/mol. The van der Waals surface area contributed by atoms with E-state index in [-0.39, 0.29) is 16.4 Å². The summed E-state index contributed by atoms with van der Waals surface area (Å²) in [5, 5.41) is 6.38. The fraction of sp³-hybridized carbons (Fsp3) is 0.105. The number of alkyl halides is 3. The van der Waals surface area contributed by atoms with Crippen LogP contribution < -0.4 is 10.6 Å². The molecule has 5 nitrogen and oxygen atoms in total. The Balaban J connectivity index is 1.77. The summed E-state index contributed by atoms with van der Waals surface area (Å²) in [5.41, 5.74) is 0.858. The molecule has 1 aromatic heterocycles. The Morgan fingerprint density at radius 1 is 1.07 bits per heavy atom. The van der Waals surface area contributed by atoms with E-state index in [1.165, 1.54) is 0 Å². The molecule has 2 amide bonds. The summed E-state index contributed by atoms with van der Waals surface area (Å²) in [6.45, 7) is 0. The topological polar surface area (TPSA) is 71.1 Å². The lowest BCUT2D eigenvalue weighted by molar-refractivity contribution is -0.150. The molecule has 3 rings (SSSR count). The van der Waals surface area contributed by atoms with Gasteiger partial charge in [-0.05, 0) is 30.3 Å². The van der Waals surface area contributed by atoms with Gasteiger partial charge in [0.2, 0.25) is 5.91 Å². The van der Waals surface area contributed by atoms with Crippen LogP contribution >= 0.6 is 27.3 Å². The van der Waals surface area contributed by atoms with Gasteiger partial charge in [-0.15, -0.1) is 11.3 Å². The summed E-state index contributed by atoms with van der Waals surface area (Å²) in [6, 6.07) is 10.1. The van der Waals surface area contributed by atoms with Crippen molar-refractivity contribution in [2.75, 3.05) is 10.6 Å². The van der Waals surface area contributed by atoms with Crippen molar-refractivity contribution in [3.8, 4) is 11.3 Å². The third-order valence-corrected chi connectivity index (χ3v) is 5.01. The maximum absolute atomic E-state index is 13.5. The Morgan fingerprint density at radius 3 is 2.43 bits per heavy atom. The highest BCUT2D eigenvalue weighted by molar-refractivity contribution is 9.10. The van der Waals surface area contributed by atoms with Crippen LogP contribution in [0.3, 0.4) is 0 Å². The number of carbonyl (C=O) groups is 2. The molecular formula is C19H12BrF4N3O2S. The fourth-order valence-electron chi connectivity index (χ4n) is 2.44. The number of benzene rings is 2. The largest absolute Gasteiger partial charge is 0.397 e. The molecule has 0 aliphatic heterocycles. The molecule has 2 N–H and O–H groups in total. The number of anilines is 2. The van der Waals surface area contributed by atoms with Crippen LogP contribution in [-0.2, 0) is 4.79 Å². The van der Waals surface area contributed by atoms with Crippen molar-refractivity contribution in [2.24, 2.45) is 0 Å². The summed E-state index contributed by atoms with van der Waals surface area (Å²) >= 11 is 4.47. The van der Waals surface area contributed by atoms with Gasteiger partial charge in [-0.1, -0.05) is 28.1 Å². The van der Waals surface area contributed by atoms with E-state index in [1.54, 1.807) is 5.38 Å². The van der Waals surface area contributed by atoms with Gasteiger partial charge < -0.3 is 5.32 Å². The van der Waals surface area contributed by atoms with Gasteiger partial charge in [0.05, 0.1) is 16.9 Å². The van der Waals surface area contributed by atoms with Gasteiger partial charge in [0, 0.05) is 15.4 Å². The molecule has 11 heteroatoms. The minimum absolute atomic E-state index is 0.202. The minimum atomic E-state index is -4.73. The number of rotatable bonds is 5. The molecule has 0 spiro atoms. The Bertz CT molecular complexity index is 1080. The number of halogens is 5. The number of nitrogens with zero attached hydrogens (tertiary/aromatic N) is 1.